The van der Waals surface area contributed by atoms with Gasteiger partial charge in [-0.1, -0.05) is 110 Å². The van der Waals surface area contributed by atoms with Crippen molar-refractivity contribution in [1.82, 2.24) is 0 Å². The molecule has 0 saturated carbocycles. The third-order valence-corrected chi connectivity index (χ3v) is 5.06. The van der Waals surface area contributed by atoms with Gasteiger partial charge in [0.2, 0.25) is 0 Å². The van der Waals surface area contributed by atoms with Crippen LogP contribution in [-0.4, -0.2) is 0 Å². The van der Waals surface area contributed by atoms with Crippen molar-refractivity contribution >= 4 is 0 Å². The van der Waals surface area contributed by atoms with Gasteiger partial charge in [-0.15, -0.1) is 0 Å². The van der Waals surface area contributed by atoms with E-state index in [0.29, 0.717) is 0 Å². The van der Waals surface area contributed by atoms with Crippen LogP contribution in [0.25, 0.3) is 0 Å². The normalized spacial score (nSPS) is 14.5. The predicted octanol–water partition coefficient (Wildman–Crippen LogP) is 8.32. The van der Waals surface area contributed by atoms with Crippen molar-refractivity contribution in [3.05, 3.63) is 12.2 Å². The van der Waals surface area contributed by atoms with Gasteiger partial charge in [-0.3, -0.25) is 0 Å². The lowest BCUT2D eigenvalue weighted by Crippen LogP contribution is -2.11. The molecule has 0 aliphatic carbocycles. The number of unbranched alkanes of at least 4 members (excludes halogenated alkanes) is 8. The van der Waals surface area contributed by atoms with Crippen LogP contribution in [0, 0.1) is 11.8 Å². The van der Waals surface area contributed by atoms with E-state index in [1.54, 1.807) is 0 Å². The molecule has 0 nitrogen and oxygen atoms in total. The van der Waals surface area contributed by atoms with Gasteiger partial charge in [-0.25, -0.2) is 0 Å². The predicted molar refractivity (Wildman–Crippen MR) is 103 cm³/mol. The highest BCUT2D eigenvalue weighted by atomic mass is 14.2. The summed E-state index contributed by atoms with van der Waals surface area (Å²) in [6.07, 6.45) is 24.4. The SMILES string of the molecule is CCCC=CCC(CCCCCC)C(C)CCCCCCC. The van der Waals surface area contributed by atoms with E-state index in [0.717, 1.165) is 11.8 Å². The maximum Gasteiger partial charge on any atom is -0.0320 e. The van der Waals surface area contributed by atoms with Crippen LogP contribution in [0.4, 0.5) is 0 Å². The maximum absolute atomic E-state index is 2.51. The molecule has 0 aliphatic rings. The van der Waals surface area contributed by atoms with Crippen LogP contribution in [-0.2, 0) is 0 Å². The van der Waals surface area contributed by atoms with E-state index in [9.17, 15) is 0 Å². The zero-order valence-electron chi connectivity index (χ0n) is 16.2. The molecule has 0 rings (SSSR count). The molecule has 0 spiro atoms. The lowest BCUT2D eigenvalue weighted by Gasteiger charge is -2.23. The largest absolute Gasteiger partial charge is 0.0885 e. The van der Waals surface area contributed by atoms with Crippen LogP contribution in [0.3, 0.4) is 0 Å². The number of hydrogen-bond donors (Lipinski definition) is 0. The van der Waals surface area contributed by atoms with Gasteiger partial charge in [0.15, 0.2) is 0 Å². The van der Waals surface area contributed by atoms with Gasteiger partial charge in [0, 0.05) is 0 Å². The Bertz CT molecular complexity index is 228. The minimum Gasteiger partial charge on any atom is -0.0885 e. The summed E-state index contributed by atoms with van der Waals surface area (Å²) in [6.45, 7) is 9.39. The Morgan fingerprint density at radius 3 is 1.86 bits per heavy atom. The average Bonchev–Trinajstić information content (AvgIpc) is 2.53. The smallest absolute Gasteiger partial charge is 0.0320 e. The second-order valence-corrected chi connectivity index (χ2v) is 7.29. The Morgan fingerprint density at radius 1 is 0.636 bits per heavy atom. The van der Waals surface area contributed by atoms with Crippen LogP contribution in [0.5, 0.6) is 0 Å². The van der Waals surface area contributed by atoms with Crippen molar-refractivity contribution in [3.8, 4) is 0 Å². The Hall–Kier alpha value is -0.260. The van der Waals surface area contributed by atoms with Gasteiger partial charge in [-0.05, 0) is 31.1 Å². The maximum atomic E-state index is 2.51. The fourth-order valence-corrected chi connectivity index (χ4v) is 3.33. The standard InChI is InChI=1S/C22H44/c1-5-8-11-14-15-18-21(4)22(19-16-12-9-6-2)20-17-13-10-7-3/h12,16,21-22H,5-11,13-15,17-20H2,1-4H3. The molecular weight excluding hydrogens is 264 g/mol. The van der Waals surface area contributed by atoms with Gasteiger partial charge in [-0.2, -0.15) is 0 Å². The molecule has 0 aromatic heterocycles. The third kappa shape index (κ3) is 13.4. The van der Waals surface area contributed by atoms with Crippen LogP contribution in [0.1, 0.15) is 118 Å². The highest BCUT2D eigenvalue weighted by Gasteiger charge is 2.15. The molecule has 0 aromatic rings. The van der Waals surface area contributed by atoms with E-state index in [4.69, 9.17) is 0 Å². The first-order valence-electron chi connectivity index (χ1n) is 10.4. The van der Waals surface area contributed by atoms with Crippen molar-refractivity contribution < 1.29 is 0 Å². The molecule has 0 fully saturated rings. The van der Waals surface area contributed by atoms with E-state index < -0.39 is 0 Å². The van der Waals surface area contributed by atoms with Crippen molar-refractivity contribution in [1.29, 1.82) is 0 Å². The van der Waals surface area contributed by atoms with Gasteiger partial charge in [0.05, 0.1) is 0 Å². The van der Waals surface area contributed by atoms with Crippen LogP contribution >= 0.6 is 0 Å². The first-order chi connectivity index (χ1) is 10.8. The molecule has 132 valence electrons. The Morgan fingerprint density at radius 2 is 1.23 bits per heavy atom. The Labute approximate surface area is 142 Å². The summed E-state index contributed by atoms with van der Waals surface area (Å²) in [5.41, 5.74) is 0. The van der Waals surface area contributed by atoms with Gasteiger partial charge >= 0.3 is 0 Å². The molecule has 0 N–H and O–H groups in total. The second kappa shape index (κ2) is 17.1. The fraction of sp³-hybridized carbons (Fsp3) is 0.909. The number of allylic oxidation sites excluding steroid dienone is 2. The topological polar surface area (TPSA) is 0 Å². The van der Waals surface area contributed by atoms with Gasteiger partial charge in [0.25, 0.3) is 0 Å². The lowest BCUT2D eigenvalue weighted by molar-refractivity contribution is 0.301. The molecule has 0 radical (unpaired) electrons. The molecule has 2 atom stereocenters. The lowest BCUT2D eigenvalue weighted by atomic mass is 9.83. The summed E-state index contributed by atoms with van der Waals surface area (Å²) in [6, 6.07) is 0. The molecule has 0 aliphatic heterocycles. The highest BCUT2D eigenvalue weighted by molar-refractivity contribution is 4.85. The summed E-state index contributed by atoms with van der Waals surface area (Å²) in [7, 11) is 0. The fourth-order valence-electron chi connectivity index (χ4n) is 3.33. The van der Waals surface area contributed by atoms with Crippen LogP contribution < -0.4 is 0 Å². The summed E-state index contributed by atoms with van der Waals surface area (Å²) < 4.78 is 0. The minimum atomic E-state index is 0.912. The quantitative estimate of drug-likeness (QED) is 0.198. The van der Waals surface area contributed by atoms with E-state index in [-0.39, 0.29) is 0 Å². The molecule has 0 heteroatoms. The van der Waals surface area contributed by atoms with Gasteiger partial charge in [0.1, 0.15) is 0 Å². The minimum absolute atomic E-state index is 0.912. The molecule has 0 heterocycles. The number of rotatable bonds is 16. The zero-order chi connectivity index (χ0) is 16.5. The van der Waals surface area contributed by atoms with Crippen LogP contribution in [0.15, 0.2) is 12.2 Å². The molecule has 0 amide bonds. The monoisotopic (exact) mass is 308 g/mol. The summed E-state index contributed by atoms with van der Waals surface area (Å²) >= 11 is 0. The summed E-state index contributed by atoms with van der Waals surface area (Å²) in [5, 5.41) is 0. The van der Waals surface area contributed by atoms with Crippen LogP contribution in [0.2, 0.25) is 0 Å². The molecular formula is C22H44. The highest BCUT2D eigenvalue weighted by Crippen LogP contribution is 2.28. The van der Waals surface area contributed by atoms with Crippen molar-refractivity contribution in [2.24, 2.45) is 11.8 Å². The Kier molecular flexibility index (Phi) is 16.9. The zero-order valence-corrected chi connectivity index (χ0v) is 16.2. The third-order valence-electron chi connectivity index (χ3n) is 5.06. The molecule has 0 aromatic carbocycles. The molecule has 0 saturated heterocycles. The molecule has 2 unspecified atom stereocenters. The molecule has 22 heavy (non-hydrogen) atoms. The second-order valence-electron chi connectivity index (χ2n) is 7.29. The average molecular weight is 309 g/mol. The van der Waals surface area contributed by atoms with Gasteiger partial charge < -0.3 is 0 Å². The Balaban J connectivity index is 4.05. The van der Waals surface area contributed by atoms with E-state index in [1.807, 2.05) is 0 Å². The summed E-state index contributed by atoms with van der Waals surface area (Å²) in [5.74, 6) is 1.84. The van der Waals surface area contributed by atoms with Crippen molar-refractivity contribution in [2.75, 3.05) is 0 Å². The van der Waals surface area contributed by atoms with Crippen molar-refractivity contribution in [3.63, 3.8) is 0 Å². The molecule has 0 bridgehead atoms. The first-order valence-corrected chi connectivity index (χ1v) is 10.4. The van der Waals surface area contributed by atoms with E-state index in [1.165, 1.54) is 89.9 Å². The van der Waals surface area contributed by atoms with Crippen molar-refractivity contribution in [2.45, 2.75) is 118 Å². The number of hydrogen-bond acceptors (Lipinski definition) is 0. The van der Waals surface area contributed by atoms with E-state index >= 15 is 0 Å². The van der Waals surface area contributed by atoms with E-state index in [2.05, 4.69) is 39.8 Å². The summed E-state index contributed by atoms with van der Waals surface area (Å²) in [4.78, 5) is 0. The first kappa shape index (κ1) is 21.7.